The van der Waals surface area contributed by atoms with Gasteiger partial charge in [-0.05, 0) is 51.5 Å². The zero-order valence-electron chi connectivity index (χ0n) is 15.5. The Kier molecular flexibility index (Phi) is 5.41. The Bertz CT molecular complexity index is 856. The van der Waals surface area contributed by atoms with Crippen molar-refractivity contribution in [2.45, 2.75) is 44.3 Å². The second-order valence-electron chi connectivity index (χ2n) is 6.46. The number of aromatic amines is 1. The van der Waals surface area contributed by atoms with Gasteiger partial charge in [0.15, 0.2) is 23.1 Å². The summed E-state index contributed by atoms with van der Waals surface area (Å²) < 4.78 is 11.4. The normalized spacial score (nSPS) is 14.6. The van der Waals surface area contributed by atoms with Crippen molar-refractivity contribution in [3.05, 3.63) is 40.7 Å². The van der Waals surface area contributed by atoms with Crippen LogP contribution in [0.25, 0.3) is 0 Å². The maximum atomic E-state index is 12.9. The molecule has 138 valence electrons. The van der Waals surface area contributed by atoms with Gasteiger partial charge in [-0.1, -0.05) is 0 Å². The number of aryl methyl sites for hydroxylation is 1. The van der Waals surface area contributed by atoms with E-state index in [9.17, 15) is 9.59 Å². The zero-order chi connectivity index (χ0) is 18.8. The highest BCUT2D eigenvalue weighted by Gasteiger charge is 2.24. The van der Waals surface area contributed by atoms with Gasteiger partial charge >= 0.3 is 0 Å². The lowest BCUT2D eigenvalue weighted by atomic mass is 10.0. The molecule has 0 fully saturated rings. The van der Waals surface area contributed by atoms with Crippen LogP contribution in [0.2, 0.25) is 0 Å². The molecule has 0 unspecified atom stereocenters. The van der Waals surface area contributed by atoms with Crippen molar-refractivity contribution in [1.29, 1.82) is 0 Å². The van der Waals surface area contributed by atoms with Crippen LogP contribution in [0.1, 0.15) is 52.4 Å². The Hall–Kier alpha value is -2.21. The van der Waals surface area contributed by atoms with Gasteiger partial charge in [-0.2, -0.15) is 0 Å². The number of benzene rings is 1. The molecule has 0 bridgehead atoms. The summed E-state index contributed by atoms with van der Waals surface area (Å²) in [6.45, 7) is 8.32. The van der Waals surface area contributed by atoms with E-state index in [0.717, 1.165) is 34.1 Å². The van der Waals surface area contributed by atoms with Crippen molar-refractivity contribution in [3.8, 4) is 11.5 Å². The first-order chi connectivity index (χ1) is 12.4. The van der Waals surface area contributed by atoms with Gasteiger partial charge < -0.3 is 14.5 Å². The van der Waals surface area contributed by atoms with Crippen LogP contribution in [0, 0.1) is 13.8 Å². The van der Waals surface area contributed by atoms with Crippen LogP contribution in [-0.4, -0.2) is 35.0 Å². The summed E-state index contributed by atoms with van der Waals surface area (Å²) in [4.78, 5) is 28.7. The molecule has 5 nitrogen and oxygen atoms in total. The monoisotopic (exact) mass is 373 g/mol. The highest BCUT2D eigenvalue weighted by atomic mass is 32.2. The summed E-state index contributed by atoms with van der Waals surface area (Å²) in [5.41, 5.74) is 2.60. The quantitative estimate of drug-likeness (QED) is 0.623. The molecule has 1 aromatic carbocycles. The number of ketones is 2. The van der Waals surface area contributed by atoms with E-state index >= 15 is 0 Å². The average molecular weight is 373 g/mol. The van der Waals surface area contributed by atoms with E-state index in [1.807, 2.05) is 39.0 Å². The first kappa shape index (κ1) is 18.6. The molecule has 0 radical (unpaired) electrons. The Morgan fingerprint density at radius 2 is 1.85 bits per heavy atom. The largest absolute Gasteiger partial charge is 0.490 e. The average Bonchev–Trinajstić information content (AvgIpc) is 2.76. The number of fused-ring (bicyclic) bond motifs is 1. The first-order valence-electron chi connectivity index (χ1n) is 8.69. The third kappa shape index (κ3) is 3.65. The Morgan fingerprint density at radius 1 is 1.15 bits per heavy atom. The lowest BCUT2D eigenvalue weighted by molar-refractivity contribution is 0.0988. The van der Waals surface area contributed by atoms with Gasteiger partial charge in [-0.25, -0.2) is 0 Å². The lowest BCUT2D eigenvalue weighted by Gasteiger charge is -2.13. The number of aromatic nitrogens is 1. The highest BCUT2D eigenvalue weighted by molar-refractivity contribution is 8.00. The Labute approximate surface area is 157 Å². The topological polar surface area (TPSA) is 68.4 Å². The summed E-state index contributed by atoms with van der Waals surface area (Å²) in [6, 6.07) is 5.75. The molecule has 26 heavy (non-hydrogen) atoms. The number of rotatable bonds is 5. The molecule has 1 atom stereocenters. The predicted octanol–water partition coefficient (Wildman–Crippen LogP) is 4.36. The second-order valence-corrected chi connectivity index (χ2v) is 7.88. The van der Waals surface area contributed by atoms with Gasteiger partial charge in [0.1, 0.15) is 0 Å². The van der Waals surface area contributed by atoms with Gasteiger partial charge in [0, 0.05) is 22.6 Å². The van der Waals surface area contributed by atoms with Gasteiger partial charge in [0.25, 0.3) is 0 Å². The van der Waals surface area contributed by atoms with Crippen LogP contribution in [0.3, 0.4) is 0 Å². The molecule has 0 saturated heterocycles. The number of hydrogen-bond donors (Lipinski definition) is 1. The fourth-order valence-electron chi connectivity index (χ4n) is 3.20. The van der Waals surface area contributed by atoms with E-state index < -0.39 is 0 Å². The van der Waals surface area contributed by atoms with Crippen LogP contribution >= 0.6 is 11.8 Å². The van der Waals surface area contributed by atoms with Crippen LogP contribution < -0.4 is 9.47 Å². The van der Waals surface area contributed by atoms with E-state index in [0.29, 0.717) is 24.5 Å². The number of Topliss-reactive ketones (excluding diaryl/α,β-unsaturated/α-hetero) is 2. The predicted molar refractivity (Wildman–Crippen MR) is 102 cm³/mol. The standard InChI is InChI=1S/C20H23NO4S/c1-11-18(13(3)22)12(2)21-19(11)20(23)14(4)26-15-6-7-16-17(10-15)25-9-5-8-24-16/h6-7,10,14,21H,5,8-9H2,1-4H3/t14-/m0/s1. The molecule has 1 N–H and O–H groups in total. The number of carbonyl (C=O) groups is 2. The van der Waals surface area contributed by atoms with E-state index in [4.69, 9.17) is 9.47 Å². The molecule has 2 aromatic rings. The SMILES string of the molecule is CC(=O)c1c(C)[nH]c(C(=O)[C@H](C)Sc2ccc3c(c2)OCCCO3)c1C. The van der Waals surface area contributed by atoms with Crippen LogP contribution in [-0.2, 0) is 0 Å². The van der Waals surface area contributed by atoms with E-state index in [2.05, 4.69) is 4.98 Å². The van der Waals surface area contributed by atoms with Crippen molar-refractivity contribution < 1.29 is 19.1 Å². The third-order valence-electron chi connectivity index (χ3n) is 4.44. The first-order valence-corrected chi connectivity index (χ1v) is 9.57. The van der Waals surface area contributed by atoms with Crippen molar-refractivity contribution in [3.63, 3.8) is 0 Å². The summed E-state index contributed by atoms with van der Waals surface area (Å²) in [6.07, 6.45) is 0.857. The molecule has 0 saturated carbocycles. The van der Waals surface area contributed by atoms with Gasteiger partial charge in [-0.15, -0.1) is 11.8 Å². The minimum atomic E-state index is -0.295. The summed E-state index contributed by atoms with van der Waals surface area (Å²) in [5, 5.41) is -0.295. The zero-order valence-corrected chi connectivity index (χ0v) is 16.3. The molecule has 2 heterocycles. The van der Waals surface area contributed by atoms with E-state index in [-0.39, 0.29) is 16.8 Å². The van der Waals surface area contributed by atoms with Crippen molar-refractivity contribution in [1.82, 2.24) is 4.98 Å². The third-order valence-corrected chi connectivity index (χ3v) is 5.53. The van der Waals surface area contributed by atoms with E-state index in [1.54, 1.807) is 0 Å². The lowest BCUT2D eigenvalue weighted by Crippen LogP contribution is -2.15. The molecule has 3 rings (SSSR count). The molecular weight excluding hydrogens is 350 g/mol. The fourth-order valence-corrected chi connectivity index (χ4v) is 4.16. The van der Waals surface area contributed by atoms with Gasteiger partial charge in [0.2, 0.25) is 0 Å². The maximum absolute atomic E-state index is 12.9. The number of nitrogens with one attached hydrogen (secondary N) is 1. The minimum absolute atomic E-state index is 0.0183. The van der Waals surface area contributed by atoms with Crippen molar-refractivity contribution in [2.24, 2.45) is 0 Å². The molecule has 1 aliphatic heterocycles. The van der Waals surface area contributed by atoms with Crippen LogP contribution in [0.5, 0.6) is 11.5 Å². The molecule has 0 amide bonds. The number of carbonyl (C=O) groups excluding carboxylic acids is 2. The maximum Gasteiger partial charge on any atom is 0.192 e. The van der Waals surface area contributed by atoms with Gasteiger partial charge in [-0.3, -0.25) is 9.59 Å². The van der Waals surface area contributed by atoms with Crippen LogP contribution in [0.15, 0.2) is 23.1 Å². The molecule has 1 aliphatic rings. The summed E-state index contributed by atoms with van der Waals surface area (Å²) >= 11 is 1.47. The van der Waals surface area contributed by atoms with Crippen molar-refractivity contribution in [2.75, 3.05) is 13.2 Å². The molecule has 1 aromatic heterocycles. The second kappa shape index (κ2) is 7.58. The Balaban J connectivity index is 1.79. The molecular formula is C20H23NO4S. The molecule has 0 spiro atoms. The molecule has 6 heteroatoms. The van der Waals surface area contributed by atoms with Crippen LogP contribution in [0.4, 0.5) is 0 Å². The summed E-state index contributed by atoms with van der Waals surface area (Å²) in [5.74, 6) is 1.42. The van der Waals surface area contributed by atoms with E-state index in [1.165, 1.54) is 18.7 Å². The smallest absolute Gasteiger partial charge is 0.192 e. The van der Waals surface area contributed by atoms with Crippen molar-refractivity contribution >= 4 is 23.3 Å². The minimum Gasteiger partial charge on any atom is -0.490 e. The number of thioether (sulfide) groups is 1. The van der Waals surface area contributed by atoms with Gasteiger partial charge in [0.05, 0.1) is 24.2 Å². The number of H-pyrrole nitrogens is 1. The molecule has 0 aliphatic carbocycles. The number of ether oxygens (including phenoxy) is 2. The fraction of sp³-hybridized carbons (Fsp3) is 0.400. The number of hydrogen-bond acceptors (Lipinski definition) is 5. The Morgan fingerprint density at radius 3 is 2.50 bits per heavy atom. The summed E-state index contributed by atoms with van der Waals surface area (Å²) in [7, 11) is 0. The highest BCUT2D eigenvalue weighted by Crippen LogP contribution is 2.36.